The highest BCUT2D eigenvalue weighted by molar-refractivity contribution is 7.91. The van der Waals surface area contributed by atoms with Gasteiger partial charge >= 0.3 is 0 Å². The van der Waals surface area contributed by atoms with Crippen LogP contribution in [0.25, 0.3) is 0 Å². The number of carbonyl (C=O) groups is 1. The molecule has 0 radical (unpaired) electrons. The molecule has 0 saturated heterocycles. The molecule has 100 valence electrons. The van der Waals surface area contributed by atoms with Gasteiger partial charge in [0, 0.05) is 11.6 Å². The van der Waals surface area contributed by atoms with E-state index < -0.39 is 9.84 Å². The van der Waals surface area contributed by atoms with Crippen molar-refractivity contribution in [3.63, 3.8) is 0 Å². The van der Waals surface area contributed by atoms with E-state index in [9.17, 15) is 13.2 Å². The van der Waals surface area contributed by atoms with Crippen LogP contribution in [0.3, 0.4) is 0 Å². The molecule has 0 bridgehead atoms. The summed E-state index contributed by atoms with van der Waals surface area (Å²) in [4.78, 5) is 12.0. The molecule has 0 aliphatic heterocycles. The molecule has 5 heteroatoms. The number of nitrogens with one attached hydrogen (secondary N) is 1. The lowest BCUT2D eigenvalue weighted by atomic mass is 10.1. The van der Waals surface area contributed by atoms with E-state index in [1.807, 2.05) is 13.8 Å². The molecule has 0 fully saturated rings. The highest BCUT2D eigenvalue weighted by Gasteiger charge is 2.12. The first-order valence-corrected chi connectivity index (χ1v) is 7.61. The first-order chi connectivity index (χ1) is 8.36. The van der Waals surface area contributed by atoms with Crippen LogP contribution < -0.4 is 5.32 Å². The van der Waals surface area contributed by atoms with E-state index in [1.54, 1.807) is 19.1 Å². The Morgan fingerprint density at radius 3 is 2.22 bits per heavy atom. The van der Waals surface area contributed by atoms with E-state index in [0.29, 0.717) is 5.56 Å². The van der Waals surface area contributed by atoms with Crippen LogP contribution >= 0.6 is 0 Å². The van der Waals surface area contributed by atoms with Crippen molar-refractivity contribution in [3.8, 4) is 0 Å². The zero-order chi connectivity index (χ0) is 13.8. The summed E-state index contributed by atoms with van der Waals surface area (Å²) < 4.78 is 23.2. The van der Waals surface area contributed by atoms with Crippen LogP contribution in [0.4, 0.5) is 0 Å². The highest BCUT2D eigenvalue weighted by Crippen LogP contribution is 2.12. The number of hydrogen-bond acceptors (Lipinski definition) is 4. The third-order valence-electron chi connectivity index (χ3n) is 2.59. The van der Waals surface area contributed by atoms with Gasteiger partial charge in [0.05, 0.1) is 17.2 Å². The number of carbonyl (C=O) groups excluding carboxylic acids is 1. The Labute approximate surface area is 108 Å². The fraction of sp³-hybridized carbons (Fsp3) is 0.462. The van der Waals surface area contributed by atoms with E-state index in [0.717, 1.165) is 0 Å². The van der Waals surface area contributed by atoms with Crippen molar-refractivity contribution in [1.29, 1.82) is 0 Å². The van der Waals surface area contributed by atoms with Gasteiger partial charge in [0.1, 0.15) is 0 Å². The molecule has 0 saturated carbocycles. The predicted octanol–water partition coefficient (Wildman–Crippen LogP) is 1.66. The van der Waals surface area contributed by atoms with Crippen LogP contribution in [0, 0.1) is 0 Å². The number of Topliss-reactive ketones (excluding diaryl/α,β-unsaturated/α-hetero) is 1. The summed E-state index contributed by atoms with van der Waals surface area (Å²) >= 11 is 0. The lowest BCUT2D eigenvalue weighted by molar-refractivity contribution is 0.0988. The highest BCUT2D eigenvalue weighted by atomic mass is 32.2. The Morgan fingerprint density at radius 2 is 1.78 bits per heavy atom. The Morgan fingerprint density at radius 1 is 1.22 bits per heavy atom. The van der Waals surface area contributed by atoms with Gasteiger partial charge in [-0.25, -0.2) is 8.42 Å². The number of ketones is 1. The smallest absolute Gasteiger partial charge is 0.178 e. The van der Waals surface area contributed by atoms with Gasteiger partial charge in [-0.3, -0.25) is 4.79 Å². The van der Waals surface area contributed by atoms with Crippen molar-refractivity contribution in [2.75, 3.05) is 12.3 Å². The minimum Gasteiger partial charge on any atom is -0.307 e. The molecule has 4 nitrogen and oxygen atoms in total. The van der Waals surface area contributed by atoms with E-state index in [1.165, 1.54) is 12.1 Å². The van der Waals surface area contributed by atoms with Crippen LogP contribution in [-0.4, -0.2) is 32.5 Å². The van der Waals surface area contributed by atoms with Crippen molar-refractivity contribution >= 4 is 15.6 Å². The summed E-state index contributed by atoms with van der Waals surface area (Å²) in [6, 6.07) is 6.34. The topological polar surface area (TPSA) is 63.2 Å². The molecule has 1 rings (SSSR count). The molecular weight excluding hydrogens is 250 g/mol. The first-order valence-electron chi connectivity index (χ1n) is 5.96. The largest absolute Gasteiger partial charge is 0.307 e. The minimum atomic E-state index is -3.19. The van der Waals surface area contributed by atoms with E-state index in [2.05, 4.69) is 5.32 Å². The number of benzene rings is 1. The van der Waals surface area contributed by atoms with E-state index in [-0.39, 0.29) is 29.0 Å². The summed E-state index contributed by atoms with van der Waals surface area (Å²) in [5.41, 5.74) is 0.526. The molecule has 18 heavy (non-hydrogen) atoms. The van der Waals surface area contributed by atoms with Gasteiger partial charge < -0.3 is 5.32 Å². The SMILES string of the molecule is CCS(=O)(=O)c1ccc(C(=O)CNC(C)C)cc1. The maximum atomic E-state index is 11.8. The average molecular weight is 269 g/mol. The second-order valence-electron chi connectivity index (χ2n) is 4.39. The predicted molar refractivity (Wildman–Crippen MR) is 71.6 cm³/mol. The fourth-order valence-corrected chi connectivity index (χ4v) is 2.30. The van der Waals surface area contributed by atoms with Gasteiger partial charge in [0.25, 0.3) is 0 Å². The summed E-state index contributed by atoms with van der Waals surface area (Å²) in [6.07, 6.45) is 0. The third kappa shape index (κ3) is 3.92. The van der Waals surface area contributed by atoms with Gasteiger partial charge in [-0.05, 0) is 12.1 Å². The number of sulfone groups is 1. The van der Waals surface area contributed by atoms with Crippen molar-refractivity contribution in [3.05, 3.63) is 29.8 Å². The summed E-state index contributed by atoms with van der Waals surface area (Å²) in [7, 11) is -3.19. The molecule has 0 atom stereocenters. The zero-order valence-electron chi connectivity index (χ0n) is 10.9. The molecule has 0 aliphatic rings. The molecule has 0 heterocycles. The van der Waals surface area contributed by atoms with Crippen molar-refractivity contribution in [1.82, 2.24) is 5.32 Å². The summed E-state index contributed by atoms with van der Waals surface area (Å²) in [6.45, 7) is 5.78. The monoisotopic (exact) mass is 269 g/mol. The Kier molecular flexibility index (Phi) is 5.04. The Hall–Kier alpha value is -1.20. The maximum absolute atomic E-state index is 11.8. The summed E-state index contributed by atoms with van der Waals surface area (Å²) in [5, 5.41) is 3.03. The van der Waals surface area contributed by atoms with Crippen molar-refractivity contribution in [2.24, 2.45) is 0 Å². The van der Waals surface area contributed by atoms with Crippen LogP contribution in [0.2, 0.25) is 0 Å². The summed E-state index contributed by atoms with van der Waals surface area (Å²) in [5.74, 6) is 0.0269. The van der Waals surface area contributed by atoms with Crippen LogP contribution in [0.5, 0.6) is 0 Å². The van der Waals surface area contributed by atoms with Crippen LogP contribution in [0.1, 0.15) is 31.1 Å². The second-order valence-corrected chi connectivity index (χ2v) is 6.66. The Bertz CT molecular complexity index is 504. The van der Waals surface area contributed by atoms with Gasteiger partial charge in [0.15, 0.2) is 15.6 Å². The van der Waals surface area contributed by atoms with Crippen molar-refractivity contribution in [2.45, 2.75) is 31.7 Å². The fourth-order valence-electron chi connectivity index (χ4n) is 1.41. The Balaban J connectivity index is 2.80. The maximum Gasteiger partial charge on any atom is 0.178 e. The molecule has 1 aromatic rings. The lowest BCUT2D eigenvalue weighted by Gasteiger charge is -2.07. The third-order valence-corrected chi connectivity index (χ3v) is 4.34. The quantitative estimate of drug-likeness (QED) is 0.798. The molecule has 0 unspecified atom stereocenters. The average Bonchev–Trinajstić information content (AvgIpc) is 2.36. The van der Waals surface area contributed by atoms with Gasteiger partial charge in [-0.15, -0.1) is 0 Å². The van der Waals surface area contributed by atoms with E-state index >= 15 is 0 Å². The van der Waals surface area contributed by atoms with Gasteiger partial charge in [0.2, 0.25) is 0 Å². The van der Waals surface area contributed by atoms with Gasteiger partial charge in [-0.1, -0.05) is 32.9 Å². The first kappa shape index (κ1) is 14.9. The van der Waals surface area contributed by atoms with Crippen LogP contribution in [0.15, 0.2) is 29.2 Å². The number of hydrogen-bond donors (Lipinski definition) is 1. The molecule has 0 aromatic heterocycles. The molecular formula is C13H19NO3S. The van der Waals surface area contributed by atoms with E-state index in [4.69, 9.17) is 0 Å². The number of rotatable bonds is 6. The lowest BCUT2D eigenvalue weighted by Crippen LogP contribution is -2.29. The van der Waals surface area contributed by atoms with Crippen molar-refractivity contribution < 1.29 is 13.2 Å². The molecule has 1 N–H and O–H groups in total. The normalized spacial score (nSPS) is 11.8. The molecule has 0 aliphatic carbocycles. The standard InChI is InChI=1S/C13H19NO3S/c1-4-18(16,17)12-7-5-11(6-8-12)13(15)9-14-10(2)3/h5-8,10,14H,4,9H2,1-3H3. The molecule has 0 amide bonds. The molecule has 0 spiro atoms. The van der Waals surface area contributed by atoms with Crippen LogP contribution in [-0.2, 0) is 9.84 Å². The molecule has 1 aromatic carbocycles. The minimum absolute atomic E-state index is 0.0378. The second kappa shape index (κ2) is 6.11. The van der Waals surface area contributed by atoms with Gasteiger partial charge in [-0.2, -0.15) is 0 Å². The zero-order valence-corrected chi connectivity index (χ0v) is 11.8.